The van der Waals surface area contributed by atoms with Crippen LogP contribution in [0.3, 0.4) is 0 Å². The fourth-order valence-electron chi connectivity index (χ4n) is 2.34. The van der Waals surface area contributed by atoms with Crippen molar-refractivity contribution in [2.45, 2.75) is 20.8 Å². The minimum absolute atomic E-state index is 0.0473. The van der Waals surface area contributed by atoms with Gasteiger partial charge >= 0.3 is 11.9 Å². The predicted molar refractivity (Wildman–Crippen MR) is 141 cm³/mol. The second-order valence-electron chi connectivity index (χ2n) is 7.77. The van der Waals surface area contributed by atoms with Crippen molar-refractivity contribution >= 4 is 24.1 Å². The Balaban J connectivity index is 0.000000613. The van der Waals surface area contributed by atoms with Crippen LogP contribution in [-0.4, -0.2) is 48.6 Å². The first kappa shape index (κ1) is 29.9. The summed E-state index contributed by atoms with van der Waals surface area (Å²) in [5, 5.41) is 17.4. The summed E-state index contributed by atoms with van der Waals surface area (Å²) in [6.45, 7) is 8.87. The van der Waals surface area contributed by atoms with Crippen molar-refractivity contribution in [3.05, 3.63) is 95.6 Å². The van der Waals surface area contributed by atoms with E-state index >= 15 is 0 Å². The van der Waals surface area contributed by atoms with Crippen molar-refractivity contribution < 1.29 is 34.0 Å². The number of hydrogen-bond acceptors (Lipinski definition) is 7. The molecule has 0 aliphatic heterocycles. The summed E-state index contributed by atoms with van der Waals surface area (Å²) in [6, 6.07) is 14.4. The van der Waals surface area contributed by atoms with Crippen molar-refractivity contribution in [3.63, 3.8) is 0 Å². The summed E-state index contributed by atoms with van der Waals surface area (Å²) in [6.07, 6.45) is 9.63. The SMILES string of the molecule is C=C(C)C(=O)OCCO.CC(C)=CCOC(=O)COc1ccc(C=CC=Cc2ccc(O)cc2)cc1. The quantitative estimate of drug-likeness (QED) is 0.194. The van der Waals surface area contributed by atoms with E-state index in [1.54, 1.807) is 19.1 Å². The van der Waals surface area contributed by atoms with Crippen LogP contribution < -0.4 is 4.74 Å². The Bertz CT molecular complexity index is 1040. The molecule has 2 aromatic rings. The number of carbonyl (C=O) groups is 2. The molecule has 192 valence electrons. The van der Waals surface area contributed by atoms with Gasteiger partial charge in [-0.3, -0.25) is 0 Å². The van der Waals surface area contributed by atoms with E-state index in [-0.39, 0.29) is 32.2 Å². The molecule has 0 saturated carbocycles. The highest BCUT2D eigenvalue weighted by Gasteiger charge is 2.03. The van der Waals surface area contributed by atoms with E-state index in [9.17, 15) is 14.7 Å². The van der Waals surface area contributed by atoms with E-state index in [0.717, 1.165) is 16.7 Å². The van der Waals surface area contributed by atoms with Crippen LogP contribution in [0.25, 0.3) is 12.2 Å². The number of rotatable bonds is 11. The number of carbonyl (C=O) groups excluding carboxylic acids is 2. The van der Waals surface area contributed by atoms with Crippen LogP contribution in [0.1, 0.15) is 31.9 Å². The molecule has 0 radical (unpaired) electrons. The molecule has 0 amide bonds. The number of aromatic hydroxyl groups is 1. The first-order valence-electron chi connectivity index (χ1n) is 11.3. The molecule has 2 N–H and O–H groups in total. The monoisotopic (exact) mass is 494 g/mol. The van der Waals surface area contributed by atoms with Crippen molar-refractivity contribution in [1.82, 2.24) is 0 Å². The zero-order chi connectivity index (χ0) is 26.8. The molecule has 0 fully saturated rings. The molecule has 0 aliphatic carbocycles. The Labute approximate surface area is 212 Å². The molecule has 2 rings (SSSR count). The van der Waals surface area contributed by atoms with Crippen LogP contribution in [0.2, 0.25) is 0 Å². The second-order valence-corrected chi connectivity index (χ2v) is 7.77. The second kappa shape index (κ2) is 17.4. The van der Waals surface area contributed by atoms with Crippen LogP contribution in [0.15, 0.2) is 84.5 Å². The summed E-state index contributed by atoms with van der Waals surface area (Å²) >= 11 is 0. The largest absolute Gasteiger partial charge is 0.508 e. The minimum atomic E-state index is -0.455. The maximum atomic E-state index is 11.6. The van der Waals surface area contributed by atoms with Crippen LogP contribution in [-0.2, 0) is 19.1 Å². The number of esters is 2. The van der Waals surface area contributed by atoms with Gasteiger partial charge in [-0.1, -0.05) is 60.7 Å². The Morgan fingerprint density at radius 2 is 1.44 bits per heavy atom. The smallest absolute Gasteiger partial charge is 0.344 e. The van der Waals surface area contributed by atoms with Crippen molar-refractivity contribution in [2.75, 3.05) is 26.4 Å². The number of benzene rings is 2. The number of allylic oxidation sites excluding steroid dienone is 3. The van der Waals surface area contributed by atoms with E-state index in [1.807, 2.05) is 80.6 Å². The molecule has 0 bridgehead atoms. The molecular formula is C29H34O7. The van der Waals surface area contributed by atoms with E-state index in [4.69, 9.17) is 14.6 Å². The lowest BCUT2D eigenvalue weighted by Gasteiger charge is -2.06. The van der Waals surface area contributed by atoms with E-state index in [0.29, 0.717) is 11.3 Å². The van der Waals surface area contributed by atoms with Gasteiger partial charge in [0, 0.05) is 5.57 Å². The number of phenolic OH excluding ortho intramolecular Hbond substituents is 1. The molecule has 0 atom stereocenters. The number of phenols is 1. The van der Waals surface area contributed by atoms with Gasteiger partial charge in [-0.25, -0.2) is 9.59 Å². The summed E-state index contributed by atoms with van der Waals surface area (Å²) in [5.41, 5.74) is 3.48. The third-order valence-corrected chi connectivity index (χ3v) is 4.23. The van der Waals surface area contributed by atoms with Gasteiger partial charge in [0.1, 0.15) is 24.7 Å². The molecule has 0 aliphatic rings. The Morgan fingerprint density at radius 3 is 1.94 bits per heavy atom. The van der Waals surface area contributed by atoms with Crippen LogP contribution in [0.4, 0.5) is 0 Å². The molecule has 2 aromatic carbocycles. The Hall–Kier alpha value is -4.10. The number of aliphatic hydroxyl groups is 1. The van der Waals surface area contributed by atoms with Crippen molar-refractivity contribution in [2.24, 2.45) is 0 Å². The van der Waals surface area contributed by atoms with Gasteiger partial charge in [-0.15, -0.1) is 0 Å². The maximum absolute atomic E-state index is 11.6. The van der Waals surface area contributed by atoms with Gasteiger partial charge < -0.3 is 24.4 Å². The summed E-state index contributed by atoms with van der Waals surface area (Å²) in [4.78, 5) is 22.0. The fraction of sp³-hybridized carbons (Fsp3) is 0.241. The van der Waals surface area contributed by atoms with Gasteiger partial charge in [0.05, 0.1) is 6.61 Å². The lowest BCUT2D eigenvalue weighted by Crippen LogP contribution is -2.14. The molecule has 0 heterocycles. The molecule has 36 heavy (non-hydrogen) atoms. The number of hydrogen-bond donors (Lipinski definition) is 2. The van der Waals surface area contributed by atoms with Gasteiger partial charge in [-0.05, 0) is 62.2 Å². The van der Waals surface area contributed by atoms with Crippen molar-refractivity contribution in [3.8, 4) is 11.5 Å². The highest BCUT2D eigenvalue weighted by atomic mass is 16.6. The molecule has 0 saturated heterocycles. The first-order chi connectivity index (χ1) is 17.2. The highest BCUT2D eigenvalue weighted by Crippen LogP contribution is 2.14. The third kappa shape index (κ3) is 14.2. The average Bonchev–Trinajstić information content (AvgIpc) is 2.85. The van der Waals surface area contributed by atoms with Crippen LogP contribution in [0, 0.1) is 0 Å². The van der Waals surface area contributed by atoms with Gasteiger partial charge in [0.2, 0.25) is 0 Å². The summed E-state index contributed by atoms with van der Waals surface area (Å²) in [5.74, 6) is 0.0250. The normalized spacial score (nSPS) is 10.3. The highest BCUT2D eigenvalue weighted by molar-refractivity contribution is 5.86. The number of ether oxygens (including phenoxy) is 3. The standard InChI is InChI=1S/C23H24O4.C6H10O3/c1-18(2)15-16-26-23(25)17-27-22-13-9-20(10-14-22)6-4-3-5-19-7-11-21(24)12-8-19;1-5(2)6(8)9-4-3-7/h3-15,24H,16-17H2,1-2H3;7H,1,3-4H2,2H3. The van der Waals surface area contributed by atoms with E-state index in [1.165, 1.54) is 0 Å². The molecule has 7 heteroatoms. The Kier molecular flexibility index (Phi) is 14.4. The number of aliphatic hydroxyl groups excluding tert-OH is 1. The molecule has 7 nitrogen and oxygen atoms in total. The Morgan fingerprint density at radius 1 is 0.889 bits per heavy atom. The average molecular weight is 495 g/mol. The molecule has 0 unspecified atom stereocenters. The maximum Gasteiger partial charge on any atom is 0.344 e. The predicted octanol–water partition coefficient (Wildman–Crippen LogP) is 5.11. The minimum Gasteiger partial charge on any atom is -0.508 e. The molecular weight excluding hydrogens is 460 g/mol. The zero-order valence-corrected chi connectivity index (χ0v) is 21.0. The molecule has 0 spiro atoms. The van der Waals surface area contributed by atoms with Gasteiger partial charge in [-0.2, -0.15) is 0 Å². The van der Waals surface area contributed by atoms with E-state index in [2.05, 4.69) is 11.3 Å². The fourth-order valence-corrected chi connectivity index (χ4v) is 2.34. The lowest BCUT2D eigenvalue weighted by atomic mass is 10.2. The van der Waals surface area contributed by atoms with E-state index < -0.39 is 11.9 Å². The summed E-state index contributed by atoms with van der Waals surface area (Å²) < 4.78 is 14.9. The van der Waals surface area contributed by atoms with Gasteiger partial charge in [0.15, 0.2) is 6.61 Å². The van der Waals surface area contributed by atoms with Crippen LogP contribution in [0.5, 0.6) is 11.5 Å². The third-order valence-electron chi connectivity index (χ3n) is 4.23. The van der Waals surface area contributed by atoms with Crippen LogP contribution >= 0.6 is 0 Å². The zero-order valence-electron chi connectivity index (χ0n) is 21.0. The van der Waals surface area contributed by atoms with Gasteiger partial charge in [0.25, 0.3) is 0 Å². The van der Waals surface area contributed by atoms with Crippen molar-refractivity contribution in [1.29, 1.82) is 0 Å². The lowest BCUT2D eigenvalue weighted by molar-refractivity contribution is -0.144. The molecule has 0 aromatic heterocycles. The first-order valence-corrected chi connectivity index (χ1v) is 11.3. The topological polar surface area (TPSA) is 102 Å². The summed E-state index contributed by atoms with van der Waals surface area (Å²) in [7, 11) is 0.